The third-order valence-corrected chi connectivity index (χ3v) is 4.91. The summed E-state index contributed by atoms with van der Waals surface area (Å²) in [5.41, 5.74) is 0. The molecule has 3 heterocycles. The van der Waals surface area contributed by atoms with E-state index in [2.05, 4.69) is 0 Å². The first-order chi connectivity index (χ1) is 9.98. The van der Waals surface area contributed by atoms with Gasteiger partial charge in [-0.1, -0.05) is 6.42 Å². The summed E-state index contributed by atoms with van der Waals surface area (Å²) in [4.78, 5) is 0. The highest BCUT2D eigenvalue weighted by molar-refractivity contribution is 4.98. The standard InChI is InChI=1S/C15H24O6/c1-14(2)20-12-10(16)11(18-13(12)21-14)9-8-17-15(19-9)6-4-3-5-7-15/h9-13,16H,3-8H2,1-2H3/t9?,10-,11+,12+,13+/m0/s1. The minimum atomic E-state index is -0.746. The molecule has 0 aromatic carbocycles. The van der Waals surface area contributed by atoms with Crippen LogP contribution in [0.4, 0.5) is 0 Å². The molecule has 0 amide bonds. The molecule has 0 bridgehead atoms. The normalized spacial score (nSPS) is 47.9. The summed E-state index contributed by atoms with van der Waals surface area (Å²) in [6.07, 6.45) is 2.95. The van der Waals surface area contributed by atoms with Gasteiger partial charge in [0, 0.05) is 12.8 Å². The molecule has 4 rings (SSSR count). The number of fused-ring (bicyclic) bond motifs is 1. The molecule has 6 heteroatoms. The van der Waals surface area contributed by atoms with Crippen LogP contribution in [0.5, 0.6) is 0 Å². The Balaban J connectivity index is 1.42. The van der Waals surface area contributed by atoms with Crippen molar-refractivity contribution in [1.29, 1.82) is 0 Å². The van der Waals surface area contributed by atoms with E-state index in [-0.39, 0.29) is 6.10 Å². The Morgan fingerprint density at radius 3 is 2.43 bits per heavy atom. The maximum atomic E-state index is 10.5. The highest BCUT2D eigenvalue weighted by atomic mass is 16.8. The molecule has 3 saturated heterocycles. The van der Waals surface area contributed by atoms with Crippen molar-refractivity contribution in [1.82, 2.24) is 0 Å². The van der Waals surface area contributed by atoms with Crippen molar-refractivity contribution >= 4 is 0 Å². The van der Waals surface area contributed by atoms with Gasteiger partial charge in [0.15, 0.2) is 17.9 Å². The molecule has 1 unspecified atom stereocenters. The van der Waals surface area contributed by atoms with E-state index < -0.39 is 36.2 Å². The van der Waals surface area contributed by atoms with Crippen LogP contribution in [-0.2, 0) is 23.7 Å². The van der Waals surface area contributed by atoms with Crippen LogP contribution in [0.2, 0.25) is 0 Å². The van der Waals surface area contributed by atoms with Crippen LogP contribution in [0.25, 0.3) is 0 Å². The number of rotatable bonds is 1. The fourth-order valence-corrected chi connectivity index (χ4v) is 3.92. The minimum Gasteiger partial charge on any atom is -0.387 e. The average molecular weight is 300 g/mol. The van der Waals surface area contributed by atoms with Crippen LogP contribution < -0.4 is 0 Å². The molecular formula is C15H24O6. The molecule has 1 N–H and O–H groups in total. The van der Waals surface area contributed by atoms with Crippen molar-refractivity contribution in [3.05, 3.63) is 0 Å². The Bertz CT molecular complexity index is 405. The van der Waals surface area contributed by atoms with E-state index in [1.54, 1.807) is 0 Å². The summed E-state index contributed by atoms with van der Waals surface area (Å²) in [7, 11) is 0. The highest BCUT2D eigenvalue weighted by Crippen LogP contribution is 2.43. The molecule has 1 spiro atoms. The molecule has 0 radical (unpaired) electrons. The predicted octanol–water partition coefficient (Wildman–Crippen LogP) is 1.30. The van der Waals surface area contributed by atoms with Gasteiger partial charge in [0.2, 0.25) is 0 Å². The molecule has 3 aliphatic heterocycles. The molecule has 6 nitrogen and oxygen atoms in total. The van der Waals surface area contributed by atoms with Crippen LogP contribution in [-0.4, -0.2) is 54.0 Å². The highest BCUT2D eigenvalue weighted by Gasteiger charge is 2.58. The molecule has 0 aromatic heterocycles. The Morgan fingerprint density at radius 1 is 0.952 bits per heavy atom. The number of hydrogen-bond donors (Lipinski definition) is 1. The topological polar surface area (TPSA) is 66.4 Å². The smallest absolute Gasteiger partial charge is 0.190 e. The van der Waals surface area contributed by atoms with E-state index in [9.17, 15) is 5.11 Å². The molecule has 1 aliphatic carbocycles. The maximum Gasteiger partial charge on any atom is 0.190 e. The zero-order valence-electron chi connectivity index (χ0n) is 12.6. The molecule has 4 aliphatic rings. The van der Waals surface area contributed by atoms with E-state index in [1.807, 2.05) is 13.8 Å². The summed E-state index contributed by atoms with van der Waals surface area (Å²) in [6, 6.07) is 0. The van der Waals surface area contributed by atoms with Crippen molar-refractivity contribution in [3.63, 3.8) is 0 Å². The zero-order chi connectivity index (χ0) is 14.7. The number of ether oxygens (including phenoxy) is 5. The lowest BCUT2D eigenvalue weighted by molar-refractivity contribution is -0.239. The third kappa shape index (κ3) is 2.42. The van der Waals surface area contributed by atoms with Gasteiger partial charge in [-0.05, 0) is 26.7 Å². The average Bonchev–Trinajstić information content (AvgIpc) is 3.05. The van der Waals surface area contributed by atoms with E-state index in [0.717, 1.165) is 25.7 Å². The quantitative estimate of drug-likeness (QED) is 0.787. The Kier molecular flexibility index (Phi) is 3.33. The predicted molar refractivity (Wildman–Crippen MR) is 71.3 cm³/mol. The fourth-order valence-electron chi connectivity index (χ4n) is 3.92. The Hall–Kier alpha value is -0.240. The van der Waals surface area contributed by atoms with Crippen molar-refractivity contribution in [2.24, 2.45) is 0 Å². The third-order valence-electron chi connectivity index (χ3n) is 4.91. The van der Waals surface area contributed by atoms with Crippen LogP contribution in [0.15, 0.2) is 0 Å². The van der Waals surface area contributed by atoms with Crippen LogP contribution >= 0.6 is 0 Å². The van der Waals surface area contributed by atoms with Gasteiger partial charge >= 0.3 is 0 Å². The first-order valence-corrected chi connectivity index (χ1v) is 7.99. The molecule has 120 valence electrons. The fraction of sp³-hybridized carbons (Fsp3) is 1.00. The second-order valence-electron chi connectivity index (χ2n) is 7.00. The van der Waals surface area contributed by atoms with Gasteiger partial charge in [0.1, 0.15) is 24.4 Å². The SMILES string of the molecule is CC1(C)O[C@H]2O[C@H](C3COC4(CCCCC4)O3)[C@H](O)[C@H]2O1. The first-order valence-electron chi connectivity index (χ1n) is 7.99. The number of aliphatic hydroxyl groups is 1. The first kappa shape index (κ1) is 14.4. The summed E-state index contributed by atoms with van der Waals surface area (Å²) < 4.78 is 29.3. The van der Waals surface area contributed by atoms with E-state index in [1.165, 1.54) is 6.42 Å². The summed E-state index contributed by atoms with van der Waals surface area (Å²) >= 11 is 0. The number of aliphatic hydroxyl groups excluding tert-OH is 1. The van der Waals surface area contributed by atoms with E-state index in [4.69, 9.17) is 23.7 Å². The molecular weight excluding hydrogens is 276 g/mol. The zero-order valence-corrected chi connectivity index (χ0v) is 12.6. The Morgan fingerprint density at radius 2 is 1.71 bits per heavy atom. The monoisotopic (exact) mass is 300 g/mol. The van der Waals surface area contributed by atoms with Gasteiger partial charge in [-0.25, -0.2) is 0 Å². The van der Waals surface area contributed by atoms with Crippen molar-refractivity contribution in [2.45, 2.75) is 88.2 Å². The second kappa shape index (κ2) is 4.88. The van der Waals surface area contributed by atoms with Crippen molar-refractivity contribution in [3.8, 4) is 0 Å². The molecule has 5 atom stereocenters. The van der Waals surface area contributed by atoms with Gasteiger partial charge in [0.05, 0.1) is 6.61 Å². The summed E-state index contributed by atoms with van der Waals surface area (Å²) in [6.45, 7) is 4.11. The second-order valence-corrected chi connectivity index (χ2v) is 7.00. The van der Waals surface area contributed by atoms with Crippen molar-refractivity contribution < 1.29 is 28.8 Å². The van der Waals surface area contributed by atoms with Gasteiger partial charge in [-0.15, -0.1) is 0 Å². The Labute approximate surface area is 124 Å². The van der Waals surface area contributed by atoms with E-state index >= 15 is 0 Å². The minimum absolute atomic E-state index is 0.251. The maximum absolute atomic E-state index is 10.5. The molecule has 0 aromatic rings. The van der Waals surface area contributed by atoms with Crippen LogP contribution in [0.3, 0.4) is 0 Å². The van der Waals surface area contributed by atoms with Gasteiger partial charge in [-0.3, -0.25) is 0 Å². The summed E-state index contributed by atoms with van der Waals surface area (Å²) in [5, 5.41) is 10.5. The van der Waals surface area contributed by atoms with Gasteiger partial charge in [0.25, 0.3) is 0 Å². The van der Waals surface area contributed by atoms with Gasteiger partial charge < -0.3 is 28.8 Å². The largest absolute Gasteiger partial charge is 0.387 e. The van der Waals surface area contributed by atoms with Crippen LogP contribution in [0.1, 0.15) is 46.0 Å². The van der Waals surface area contributed by atoms with Crippen LogP contribution in [0, 0.1) is 0 Å². The number of hydrogen-bond acceptors (Lipinski definition) is 6. The molecule has 4 fully saturated rings. The lowest BCUT2D eigenvalue weighted by Gasteiger charge is -2.33. The van der Waals surface area contributed by atoms with Crippen molar-refractivity contribution in [2.75, 3.05) is 6.61 Å². The summed E-state index contributed by atoms with van der Waals surface area (Å²) in [5.74, 6) is -1.16. The lowest BCUT2D eigenvalue weighted by Crippen LogP contribution is -2.43. The van der Waals surface area contributed by atoms with E-state index in [0.29, 0.717) is 6.61 Å². The lowest BCUT2D eigenvalue weighted by atomic mass is 9.94. The molecule has 1 saturated carbocycles. The molecule has 21 heavy (non-hydrogen) atoms. The van der Waals surface area contributed by atoms with Gasteiger partial charge in [-0.2, -0.15) is 0 Å².